The number of aromatic nitrogens is 8. The van der Waals surface area contributed by atoms with Gasteiger partial charge in [0.15, 0.2) is 22.3 Å². The highest BCUT2D eigenvalue weighted by Gasteiger charge is 2.17. The van der Waals surface area contributed by atoms with Crippen molar-refractivity contribution in [1.82, 2.24) is 37.4 Å². The van der Waals surface area contributed by atoms with Gasteiger partial charge in [0.05, 0.1) is 0 Å². The molecule has 0 fully saturated rings. The first-order valence-corrected chi connectivity index (χ1v) is 9.35. The van der Waals surface area contributed by atoms with Crippen LogP contribution in [-0.2, 0) is 42.3 Å². The summed E-state index contributed by atoms with van der Waals surface area (Å²) >= 11 is 0. The Balaban J connectivity index is 0.000000235. The molecule has 4 heterocycles. The number of fused-ring (bicyclic) bond motifs is 2. The Morgan fingerprint density at radius 3 is 1.33 bits per heavy atom. The Labute approximate surface area is 182 Å². The van der Waals surface area contributed by atoms with Crippen LogP contribution >= 0.6 is 0 Å². The lowest BCUT2D eigenvalue weighted by molar-refractivity contribution is 0.690. The minimum Gasteiger partial charge on any atom is -0.393 e. The molecule has 33 heavy (non-hydrogen) atoms. The van der Waals surface area contributed by atoms with Gasteiger partial charge in [-0.2, -0.15) is 0 Å². The number of rotatable bonds is 0. The van der Waals surface area contributed by atoms with Crippen molar-refractivity contribution < 1.29 is 0 Å². The minimum absolute atomic E-state index is 0.00338. The molecule has 0 aliphatic heterocycles. The summed E-state index contributed by atoms with van der Waals surface area (Å²) in [6.45, 7) is 0. The van der Waals surface area contributed by atoms with Gasteiger partial charge in [-0.1, -0.05) is 0 Å². The molecular formula is C18H21N9O6. The van der Waals surface area contributed by atoms with Crippen molar-refractivity contribution in [2.45, 2.75) is 0 Å². The maximum atomic E-state index is 12.2. The number of aryl methyl sites for hydroxylation is 3. The third-order valence-corrected chi connectivity index (χ3v) is 5.13. The summed E-state index contributed by atoms with van der Waals surface area (Å²) in [4.78, 5) is 78.4. The molecule has 15 nitrogen and oxygen atoms in total. The summed E-state index contributed by atoms with van der Waals surface area (Å²) in [6, 6.07) is 0. The first kappa shape index (κ1) is 23.1. The van der Waals surface area contributed by atoms with Crippen molar-refractivity contribution in [2.75, 3.05) is 5.73 Å². The Kier molecular flexibility index (Phi) is 5.50. The molecule has 0 amide bonds. The second-order valence-electron chi connectivity index (χ2n) is 7.32. The van der Waals surface area contributed by atoms with Crippen molar-refractivity contribution >= 4 is 28.0 Å². The van der Waals surface area contributed by atoms with Gasteiger partial charge in [-0.25, -0.2) is 24.4 Å². The normalized spacial score (nSPS) is 11.0. The van der Waals surface area contributed by atoms with Gasteiger partial charge in [0.1, 0.15) is 5.69 Å². The van der Waals surface area contributed by atoms with E-state index >= 15 is 0 Å². The standard InChI is InChI=1S/C12H12N6O4.C6H9N3O2/c1-15-7-5(9(19)17(3)11(15)21)14-8-6(13-7)10(20)18(4)12(22)16(8)2;1-8-3-4(7)5(10)9(2)6(8)11/h1-4H3;3H,7H2,1-2H3. The number of anilines is 1. The van der Waals surface area contributed by atoms with E-state index in [1.807, 2.05) is 0 Å². The maximum absolute atomic E-state index is 12.2. The van der Waals surface area contributed by atoms with E-state index < -0.39 is 28.1 Å². The molecule has 0 aliphatic carbocycles. The van der Waals surface area contributed by atoms with E-state index in [4.69, 9.17) is 5.73 Å². The minimum atomic E-state index is -0.638. The molecule has 174 valence electrons. The largest absolute Gasteiger partial charge is 0.393 e. The lowest BCUT2D eigenvalue weighted by Gasteiger charge is -2.09. The fraction of sp³-hybridized carbons (Fsp3) is 0.333. The monoisotopic (exact) mass is 459 g/mol. The third kappa shape index (κ3) is 3.48. The zero-order chi connectivity index (χ0) is 24.9. The Hall–Kier alpha value is -4.56. The Morgan fingerprint density at radius 1 is 0.576 bits per heavy atom. The molecule has 0 aliphatic rings. The molecule has 4 aromatic rings. The first-order valence-electron chi connectivity index (χ1n) is 9.35. The highest BCUT2D eigenvalue weighted by Crippen LogP contribution is 2.07. The summed E-state index contributed by atoms with van der Waals surface area (Å²) in [7, 11) is 8.42. The van der Waals surface area contributed by atoms with Crippen LogP contribution in [0.4, 0.5) is 5.69 Å². The van der Waals surface area contributed by atoms with Crippen molar-refractivity contribution in [3.8, 4) is 0 Å². The van der Waals surface area contributed by atoms with E-state index in [9.17, 15) is 28.8 Å². The number of hydrogen-bond donors (Lipinski definition) is 1. The average molecular weight is 459 g/mol. The zero-order valence-electron chi connectivity index (χ0n) is 18.7. The van der Waals surface area contributed by atoms with Crippen LogP contribution in [0.5, 0.6) is 0 Å². The number of hydrogen-bond acceptors (Lipinski definition) is 9. The molecule has 4 rings (SSSR count). The van der Waals surface area contributed by atoms with E-state index in [-0.39, 0.29) is 33.7 Å². The van der Waals surface area contributed by atoms with Gasteiger partial charge in [0.25, 0.3) is 16.7 Å². The van der Waals surface area contributed by atoms with Gasteiger partial charge >= 0.3 is 17.1 Å². The van der Waals surface area contributed by atoms with Crippen LogP contribution in [0.2, 0.25) is 0 Å². The van der Waals surface area contributed by atoms with Crippen LogP contribution in [-0.4, -0.2) is 37.4 Å². The second kappa shape index (κ2) is 7.85. The quantitative estimate of drug-likeness (QED) is 0.258. The molecule has 4 aromatic heterocycles. The van der Waals surface area contributed by atoms with Gasteiger partial charge in [0.2, 0.25) is 0 Å². The average Bonchev–Trinajstić information content (AvgIpc) is 2.80. The van der Waals surface area contributed by atoms with E-state index in [0.717, 1.165) is 22.8 Å². The predicted molar refractivity (Wildman–Crippen MR) is 119 cm³/mol. The van der Waals surface area contributed by atoms with Crippen LogP contribution in [0.25, 0.3) is 22.3 Å². The maximum Gasteiger partial charge on any atom is 0.332 e. The lowest BCUT2D eigenvalue weighted by Crippen LogP contribution is -2.40. The lowest BCUT2D eigenvalue weighted by atomic mass is 10.4. The van der Waals surface area contributed by atoms with E-state index in [2.05, 4.69) is 9.97 Å². The molecule has 0 atom stereocenters. The van der Waals surface area contributed by atoms with E-state index in [1.54, 1.807) is 0 Å². The van der Waals surface area contributed by atoms with Crippen LogP contribution in [0.15, 0.2) is 35.0 Å². The van der Waals surface area contributed by atoms with Crippen molar-refractivity contribution in [1.29, 1.82) is 0 Å². The molecule has 0 bridgehead atoms. The third-order valence-electron chi connectivity index (χ3n) is 5.13. The molecule has 0 saturated heterocycles. The first-order chi connectivity index (χ1) is 15.3. The SMILES string of the molecule is Cn1c(=O)c2nc3c(nc2n(C)c1=O)c(=O)n(C)c(=O)n3C.Cn1cc(N)c(=O)n(C)c1=O. The van der Waals surface area contributed by atoms with Gasteiger partial charge in [-0.15, -0.1) is 0 Å². The van der Waals surface area contributed by atoms with Crippen LogP contribution in [0.3, 0.4) is 0 Å². The van der Waals surface area contributed by atoms with E-state index in [1.165, 1.54) is 53.0 Å². The van der Waals surface area contributed by atoms with Gasteiger partial charge in [-0.3, -0.25) is 37.2 Å². The van der Waals surface area contributed by atoms with Gasteiger partial charge < -0.3 is 10.3 Å². The molecular weight excluding hydrogens is 438 g/mol. The summed E-state index contributed by atoms with van der Waals surface area (Å²) in [5.41, 5.74) is 1.95. The topological polar surface area (TPSA) is 184 Å². The van der Waals surface area contributed by atoms with E-state index in [0.29, 0.717) is 0 Å². The number of nitrogen functional groups attached to an aromatic ring is 1. The van der Waals surface area contributed by atoms with Crippen molar-refractivity contribution in [3.63, 3.8) is 0 Å². The van der Waals surface area contributed by atoms with Gasteiger partial charge in [-0.05, 0) is 0 Å². The van der Waals surface area contributed by atoms with Crippen LogP contribution < -0.4 is 39.5 Å². The summed E-state index contributed by atoms with van der Waals surface area (Å²) < 4.78 is 6.28. The molecule has 0 spiro atoms. The van der Waals surface area contributed by atoms with Gasteiger partial charge in [0, 0.05) is 48.5 Å². The smallest absolute Gasteiger partial charge is 0.332 e. The molecule has 0 unspecified atom stereocenters. The Morgan fingerprint density at radius 2 is 0.939 bits per heavy atom. The molecule has 0 aromatic carbocycles. The fourth-order valence-electron chi connectivity index (χ4n) is 3.13. The molecule has 15 heteroatoms. The highest BCUT2D eigenvalue weighted by atomic mass is 16.2. The number of nitrogens with two attached hydrogens (primary N) is 1. The second-order valence-corrected chi connectivity index (χ2v) is 7.32. The summed E-state index contributed by atoms with van der Waals surface area (Å²) in [5, 5.41) is 0. The fourth-order valence-corrected chi connectivity index (χ4v) is 3.13. The molecule has 2 N–H and O–H groups in total. The summed E-state index contributed by atoms with van der Waals surface area (Å²) in [5.74, 6) is 0. The van der Waals surface area contributed by atoms with Crippen LogP contribution in [0.1, 0.15) is 0 Å². The molecule has 0 radical (unpaired) electrons. The Bertz CT molecular complexity index is 1680. The molecule has 0 saturated carbocycles. The van der Waals surface area contributed by atoms with Crippen LogP contribution in [0, 0.1) is 0 Å². The highest BCUT2D eigenvalue weighted by molar-refractivity contribution is 5.81. The predicted octanol–water partition coefficient (Wildman–Crippen LogP) is -3.76. The van der Waals surface area contributed by atoms with Crippen molar-refractivity contribution in [2.24, 2.45) is 42.3 Å². The zero-order valence-corrected chi connectivity index (χ0v) is 18.7. The number of nitrogens with zero attached hydrogens (tertiary/aromatic N) is 8. The van der Waals surface area contributed by atoms with Crippen molar-refractivity contribution in [3.05, 3.63) is 68.7 Å². The summed E-state index contributed by atoms with van der Waals surface area (Å²) in [6.07, 6.45) is 1.31.